The highest BCUT2D eigenvalue weighted by molar-refractivity contribution is 6.36. The zero-order valence-electron chi connectivity index (χ0n) is 18.9. The van der Waals surface area contributed by atoms with E-state index in [0.717, 1.165) is 24.5 Å². The van der Waals surface area contributed by atoms with Crippen LogP contribution < -0.4 is 20.9 Å². The first-order chi connectivity index (χ1) is 16.5. The van der Waals surface area contributed by atoms with Gasteiger partial charge in [0.25, 0.3) is 0 Å². The second-order valence-corrected chi connectivity index (χ2v) is 9.57. The third-order valence-electron chi connectivity index (χ3n) is 6.69. The molecular weight excluding hydrogens is 474 g/mol. The van der Waals surface area contributed by atoms with Gasteiger partial charge in [0, 0.05) is 35.4 Å². The molecule has 1 aromatic heterocycles. The van der Waals surface area contributed by atoms with Gasteiger partial charge in [-0.15, -0.1) is 10.2 Å². The van der Waals surface area contributed by atoms with Gasteiger partial charge in [0.2, 0.25) is 0 Å². The number of benzene rings is 2. The van der Waals surface area contributed by atoms with Crippen LogP contribution in [0.2, 0.25) is 10.0 Å². The molecule has 9 heteroatoms. The minimum absolute atomic E-state index is 0.0503. The smallest absolute Gasteiger partial charge is 0.172 e. The molecule has 1 unspecified atom stereocenters. The van der Waals surface area contributed by atoms with Crippen LogP contribution in [0.3, 0.4) is 0 Å². The minimum Gasteiger partial charge on any atom is -0.365 e. The summed E-state index contributed by atoms with van der Waals surface area (Å²) in [4.78, 5) is 2.12. The van der Waals surface area contributed by atoms with E-state index >= 15 is 0 Å². The van der Waals surface area contributed by atoms with Crippen LogP contribution in [0.4, 0.5) is 27.4 Å². The third-order valence-corrected chi connectivity index (χ3v) is 7.40. The highest BCUT2D eigenvalue weighted by Crippen LogP contribution is 2.40. The summed E-state index contributed by atoms with van der Waals surface area (Å²) in [6.45, 7) is 5.48. The molecule has 0 saturated carbocycles. The highest BCUT2D eigenvalue weighted by Gasteiger charge is 2.28. The predicted octanol–water partition coefficient (Wildman–Crippen LogP) is 6.13. The van der Waals surface area contributed by atoms with Gasteiger partial charge in [-0.25, -0.2) is 4.39 Å². The van der Waals surface area contributed by atoms with Crippen molar-refractivity contribution in [3.63, 3.8) is 0 Å². The van der Waals surface area contributed by atoms with E-state index in [1.165, 1.54) is 24.5 Å². The van der Waals surface area contributed by atoms with Crippen molar-refractivity contribution in [1.29, 1.82) is 0 Å². The molecule has 2 aromatic carbocycles. The number of hydrogen-bond acceptors (Lipinski definition) is 6. The van der Waals surface area contributed by atoms with Crippen molar-refractivity contribution in [3.8, 4) is 0 Å². The zero-order valence-corrected chi connectivity index (χ0v) is 20.4. The molecule has 0 amide bonds. The van der Waals surface area contributed by atoms with Gasteiger partial charge < -0.3 is 20.9 Å². The Bertz CT molecular complexity index is 1170. The number of aromatic nitrogens is 2. The van der Waals surface area contributed by atoms with Crippen molar-refractivity contribution in [2.75, 3.05) is 41.7 Å². The minimum atomic E-state index is -0.480. The largest absolute Gasteiger partial charge is 0.365 e. The molecule has 34 heavy (non-hydrogen) atoms. The van der Waals surface area contributed by atoms with Crippen LogP contribution in [0.5, 0.6) is 0 Å². The van der Waals surface area contributed by atoms with Gasteiger partial charge in [0.15, 0.2) is 11.6 Å². The number of nitrogens with zero attached hydrogens (tertiary/aromatic N) is 3. The Morgan fingerprint density at radius 1 is 1.06 bits per heavy atom. The van der Waals surface area contributed by atoms with Gasteiger partial charge in [0.1, 0.15) is 5.82 Å². The summed E-state index contributed by atoms with van der Waals surface area (Å²) < 4.78 is 14.2. The average Bonchev–Trinajstić information content (AvgIpc) is 2.87. The Kier molecular flexibility index (Phi) is 6.77. The van der Waals surface area contributed by atoms with Gasteiger partial charge in [-0.1, -0.05) is 35.3 Å². The lowest BCUT2D eigenvalue weighted by Gasteiger charge is -2.36. The molecule has 0 bridgehead atoms. The molecule has 1 fully saturated rings. The van der Waals surface area contributed by atoms with Crippen molar-refractivity contribution < 1.29 is 4.39 Å². The van der Waals surface area contributed by atoms with Crippen molar-refractivity contribution in [2.24, 2.45) is 0 Å². The third kappa shape index (κ3) is 4.65. The SMILES string of the molecule is CC(c1c(Cl)ccc(F)c1Cl)N1CCNc2nnc(Nc3ccc(C4CCNCC4)cc3)cc21. The monoisotopic (exact) mass is 500 g/mol. The number of fused-ring (bicyclic) bond motifs is 1. The number of hydrogen-bond donors (Lipinski definition) is 3. The van der Waals surface area contributed by atoms with E-state index in [0.29, 0.717) is 41.2 Å². The lowest BCUT2D eigenvalue weighted by molar-refractivity contribution is 0.460. The Balaban J connectivity index is 1.38. The predicted molar refractivity (Wildman–Crippen MR) is 137 cm³/mol. The topological polar surface area (TPSA) is 65.1 Å². The van der Waals surface area contributed by atoms with E-state index in [1.54, 1.807) is 6.07 Å². The van der Waals surface area contributed by atoms with Crippen molar-refractivity contribution in [2.45, 2.75) is 31.7 Å². The van der Waals surface area contributed by atoms with Crippen molar-refractivity contribution in [1.82, 2.24) is 15.5 Å². The molecule has 3 N–H and O–H groups in total. The van der Waals surface area contributed by atoms with Crippen LogP contribution in [0.1, 0.15) is 42.9 Å². The average molecular weight is 501 g/mol. The molecule has 178 valence electrons. The number of piperidine rings is 1. The summed E-state index contributed by atoms with van der Waals surface area (Å²) in [6.07, 6.45) is 2.34. The van der Waals surface area contributed by atoms with Gasteiger partial charge in [-0.3, -0.25) is 0 Å². The first-order valence-electron chi connectivity index (χ1n) is 11.6. The molecule has 2 aliphatic heterocycles. The number of rotatable bonds is 5. The second-order valence-electron chi connectivity index (χ2n) is 8.79. The number of anilines is 4. The summed E-state index contributed by atoms with van der Waals surface area (Å²) in [5.74, 6) is 1.44. The first-order valence-corrected chi connectivity index (χ1v) is 12.4. The van der Waals surface area contributed by atoms with Crippen LogP contribution in [0.15, 0.2) is 42.5 Å². The Morgan fingerprint density at radius 3 is 2.59 bits per heavy atom. The van der Waals surface area contributed by atoms with Crippen LogP contribution in [0.25, 0.3) is 0 Å². The Labute approximate surface area is 208 Å². The summed E-state index contributed by atoms with van der Waals surface area (Å²) >= 11 is 12.7. The molecule has 5 rings (SSSR count). The highest BCUT2D eigenvalue weighted by atomic mass is 35.5. The molecule has 3 aromatic rings. The maximum Gasteiger partial charge on any atom is 0.172 e. The number of halogens is 3. The van der Waals surface area contributed by atoms with Crippen molar-refractivity contribution in [3.05, 3.63) is 69.5 Å². The van der Waals surface area contributed by atoms with E-state index in [1.807, 2.05) is 13.0 Å². The maximum atomic E-state index is 14.2. The summed E-state index contributed by atoms with van der Waals surface area (Å²) in [5.41, 5.74) is 3.75. The van der Waals surface area contributed by atoms with E-state index in [9.17, 15) is 4.39 Å². The van der Waals surface area contributed by atoms with Crippen LogP contribution in [0, 0.1) is 5.82 Å². The molecule has 0 spiro atoms. The fourth-order valence-electron chi connectivity index (χ4n) is 4.83. The molecule has 1 atom stereocenters. The Hall–Kier alpha value is -2.61. The standard InChI is InChI=1S/C25H27Cl2FN6/c1-15(23-19(26)6-7-20(28)24(23)27)34-13-12-30-25-21(34)14-22(32-33-25)31-18-4-2-16(3-5-18)17-8-10-29-11-9-17/h2-7,14-15,17,29H,8-13H2,1H3,(H,30,33)(H,31,32). The zero-order chi connectivity index (χ0) is 23.7. The quantitative estimate of drug-likeness (QED) is 0.366. The van der Waals surface area contributed by atoms with Crippen LogP contribution in [-0.4, -0.2) is 36.4 Å². The molecule has 3 heterocycles. The summed E-state index contributed by atoms with van der Waals surface area (Å²) in [7, 11) is 0. The Morgan fingerprint density at radius 2 is 1.82 bits per heavy atom. The normalized spacial score (nSPS) is 17.1. The fraction of sp³-hybridized carbons (Fsp3) is 0.360. The van der Waals surface area contributed by atoms with Crippen LogP contribution >= 0.6 is 23.2 Å². The number of nitrogens with one attached hydrogen (secondary N) is 3. The van der Waals surface area contributed by atoms with E-state index in [-0.39, 0.29) is 11.1 Å². The maximum absolute atomic E-state index is 14.2. The lowest BCUT2D eigenvalue weighted by Crippen LogP contribution is -2.37. The molecule has 2 aliphatic rings. The summed E-state index contributed by atoms with van der Waals surface area (Å²) in [6, 6.07) is 13.1. The second kappa shape index (κ2) is 9.94. The van der Waals surface area contributed by atoms with Crippen LogP contribution in [-0.2, 0) is 0 Å². The molecule has 0 aliphatic carbocycles. The molecule has 1 saturated heterocycles. The molecule has 0 radical (unpaired) electrons. The van der Waals surface area contributed by atoms with Gasteiger partial charge in [-0.2, -0.15) is 0 Å². The van der Waals surface area contributed by atoms with E-state index in [2.05, 4.69) is 55.3 Å². The van der Waals surface area contributed by atoms with Gasteiger partial charge >= 0.3 is 0 Å². The summed E-state index contributed by atoms with van der Waals surface area (Å²) in [5, 5.41) is 19.3. The fourth-order valence-corrected chi connectivity index (χ4v) is 5.52. The van der Waals surface area contributed by atoms with Crippen molar-refractivity contribution >= 4 is 46.2 Å². The van der Waals surface area contributed by atoms with E-state index in [4.69, 9.17) is 23.2 Å². The van der Waals surface area contributed by atoms with E-state index < -0.39 is 5.82 Å². The lowest BCUT2D eigenvalue weighted by atomic mass is 9.90. The molecular formula is C25H27Cl2FN6. The molecule has 6 nitrogen and oxygen atoms in total. The first kappa shape index (κ1) is 23.1. The van der Waals surface area contributed by atoms with Gasteiger partial charge in [0.05, 0.1) is 16.8 Å². The van der Waals surface area contributed by atoms with Gasteiger partial charge in [-0.05, 0) is 68.6 Å².